The maximum absolute atomic E-state index is 13.6. The predicted octanol–water partition coefficient (Wildman–Crippen LogP) is 1.28. The molecule has 0 heterocycles. The van der Waals surface area contributed by atoms with E-state index in [4.69, 9.17) is 5.73 Å². The highest BCUT2D eigenvalue weighted by Crippen LogP contribution is 2.31. The molecule has 0 radical (unpaired) electrons. The minimum atomic E-state index is -3.97. The van der Waals surface area contributed by atoms with Crippen LogP contribution in [-0.2, 0) is 10.0 Å². The van der Waals surface area contributed by atoms with Gasteiger partial charge in [-0.2, -0.15) is 4.39 Å². The van der Waals surface area contributed by atoms with Crippen LogP contribution in [0.4, 0.5) is 10.1 Å². The first-order valence-corrected chi connectivity index (χ1v) is 7.96. The molecule has 1 aromatic carbocycles. The molecule has 21 heavy (non-hydrogen) atoms. The van der Waals surface area contributed by atoms with Gasteiger partial charge in [-0.25, -0.2) is 13.1 Å². The zero-order valence-corrected chi connectivity index (χ0v) is 12.0. The number of rotatable bonds is 5. The Hall–Kier alpha value is -1.58. The minimum Gasteiger partial charge on any atom is -0.329 e. The van der Waals surface area contributed by atoms with Crippen molar-refractivity contribution in [1.29, 1.82) is 0 Å². The second kappa shape index (κ2) is 5.66. The summed E-state index contributed by atoms with van der Waals surface area (Å²) in [6, 6.07) is 2.51. The highest BCUT2D eigenvalue weighted by Gasteiger charge is 2.37. The molecule has 1 saturated carbocycles. The third-order valence-electron chi connectivity index (χ3n) is 3.73. The summed E-state index contributed by atoms with van der Waals surface area (Å²) in [5, 5.41) is 10.5. The van der Waals surface area contributed by atoms with Crippen LogP contribution in [0.2, 0.25) is 0 Å². The van der Waals surface area contributed by atoms with E-state index in [9.17, 15) is 22.9 Å². The Kier molecular flexibility index (Phi) is 4.26. The number of nitrogens with one attached hydrogen (secondary N) is 1. The van der Waals surface area contributed by atoms with Crippen LogP contribution < -0.4 is 10.5 Å². The van der Waals surface area contributed by atoms with Gasteiger partial charge in [0.1, 0.15) is 0 Å². The monoisotopic (exact) mass is 317 g/mol. The summed E-state index contributed by atoms with van der Waals surface area (Å²) in [5.74, 6) is -1.18. The SMILES string of the molecule is NCC1(NS(=O)(=O)c2ccc([N+](=O)[O-])c(F)c2)CCCC1. The maximum Gasteiger partial charge on any atom is 0.304 e. The molecule has 0 saturated heterocycles. The number of nitrogens with zero attached hydrogens (tertiary/aromatic N) is 1. The molecule has 0 bridgehead atoms. The molecule has 0 amide bonds. The van der Waals surface area contributed by atoms with Crippen molar-refractivity contribution in [1.82, 2.24) is 4.72 Å². The normalized spacial score (nSPS) is 17.8. The first-order chi connectivity index (χ1) is 9.80. The Morgan fingerprint density at radius 2 is 2.00 bits per heavy atom. The van der Waals surface area contributed by atoms with Gasteiger partial charge in [-0.05, 0) is 18.9 Å². The number of hydrogen-bond acceptors (Lipinski definition) is 5. The van der Waals surface area contributed by atoms with E-state index < -0.39 is 32.0 Å². The molecule has 0 spiro atoms. The fraction of sp³-hybridized carbons (Fsp3) is 0.500. The van der Waals surface area contributed by atoms with Gasteiger partial charge in [-0.3, -0.25) is 10.1 Å². The summed E-state index contributed by atoms with van der Waals surface area (Å²) >= 11 is 0. The molecule has 1 aliphatic rings. The summed E-state index contributed by atoms with van der Waals surface area (Å²) in [7, 11) is -3.97. The van der Waals surface area contributed by atoms with Crippen LogP contribution in [0.5, 0.6) is 0 Å². The maximum atomic E-state index is 13.6. The van der Waals surface area contributed by atoms with Crippen LogP contribution in [0.15, 0.2) is 23.1 Å². The molecule has 0 aromatic heterocycles. The Bertz CT molecular complexity index is 656. The van der Waals surface area contributed by atoms with E-state index in [-0.39, 0.29) is 11.4 Å². The Labute approximate surface area is 121 Å². The zero-order valence-electron chi connectivity index (χ0n) is 11.2. The van der Waals surface area contributed by atoms with Crippen LogP contribution in [0, 0.1) is 15.9 Å². The number of nitro groups is 1. The summed E-state index contributed by atoms with van der Waals surface area (Å²) in [4.78, 5) is 9.30. The number of sulfonamides is 1. The predicted molar refractivity (Wildman–Crippen MR) is 73.6 cm³/mol. The Morgan fingerprint density at radius 1 is 1.38 bits per heavy atom. The highest BCUT2D eigenvalue weighted by atomic mass is 32.2. The van der Waals surface area contributed by atoms with E-state index in [0.29, 0.717) is 18.9 Å². The van der Waals surface area contributed by atoms with E-state index in [1.54, 1.807) is 0 Å². The lowest BCUT2D eigenvalue weighted by molar-refractivity contribution is -0.387. The molecular formula is C12H16FN3O4S. The molecule has 1 fully saturated rings. The van der Waals surface area contributed by atoms with Crippen molar-refractivity contribution in [3.05, 3.63) is 34.1 Å². The van der Waals surface area contributed by atoms with Crippen LogP contribution in [0.1, 0.15) is 25.7 Å². The van der Waals surface area contributed by atoms with Crippen LogP contribution in [0.3, 0.4) is 0 Å². The lowest BCUT2D eigenvalue weighted by Crippen LogP contribution is -2.51. The first kappa shape index (κ1) is 15.8. The molecule has 2 rings (SSSR count). The van der Waals surface area contributed by atoms with Crippen LogP contribution in [0.25, 0.3) is 0 Å². The second-order valence-corrected chi connectivity index (χ2v) is 6.85. The van der Waals surface area contributed by atoms with Gasteiger partial charge in [0.2, 0.25) is 15.8 Å². The summed E-state index contributed by atoms with van der Waals surface area (Å²) < 4.78 is 40.6. The van der Waals surface area contributed by atoms with Gasteiger partial charge in [0, 0.05) is 24.2 Å². The highest BCUT2D eigenvalue weighted by molar-refractivity contribution is 7.89. The number of nitrogens with two attached hydrogens (primary N) is 1. The quantitative estimate of drug-likeness (QED) is 0.627. The molecule has 7 nitrogen and oxygen atoms in total. The fourth-order valence-corrected chi connectivity index (χ4v) is 4.03. The summed E-state index contributed by atoms with van der Waals surface area (Å²) in [5.41, 5.74) is 4.19. The van der Waals surface area contributed by atoms with Crippen LogP contribution >= 0.6 is 0 Å². The van der Waals surface area contributed by atoms with Gasteiger partial charge in [0.15, 0.2) is 0 Å². The van der Waals surface area contributed by atoms with Gasteiger partial charge in [-0.1, -0.05) is 12.8 Å². The van der Waals surface area contributed by atoms with Gasteiger partial charge in [0.25, 0.3) is 0 Å². The lowest BCUT2D eigenvalue weighted by atomic mass is 10.0. The first-order valence-electron chi connectivity index (χ1n) is 6.48. The molecule has 3 N–H and O–H groups in total. The third kappa shape index (κ3) is 3.20. The average molecular weight is 317 g/mol. The van der Waals surface area contributed by atoms with Gasteiger partial charge >= 0.3 is 5.69 Å². The molecule has 0 unspecified atom stereocenters. The Morgan fingerprint density at radius 3 is 2.48 bits per heavy atom. The van der Waals surface area contributed by atoms with E-state index >= 15 is 0 Å². The van der Waals surface area contributed by atoms with Crippen molar-refractivity contribution in [3.63, 3.8) is 0 Å². The van der Waals surface area contributed by atoms with Crippen molar-refractivity contribution in [2.24, 2.45) is 5.73 Å². The molecule has 1 aliphatic carbocycles. The number of benzene rings is 1. The fourth-order valence-electron chi connectivity index (χ4n) is 2.55. The van der Waals surface area contributed by atoms with E-state index in [2.05, 4.69) is 4.72 Å². The van der Waals surface area contributed by atoms with Crippen molar-refractivity contribution < 1.29 is 17.7 Å². The second-order valence-electron chi connectivity index (χ2n) is 5.17. The van der Waals surface area contributed by atoms with Crippen LogP contribution in [-0.4, -0.2) is 25.4 Å². The van der Waals surface area contributed by atoms with Gasteiger partial charge in [-0.15, -0.1) is 0 Å². The standard InChI is InChI=1S/C12H16FN3O4S/c13-10-7-9(3-4-11(10)16(17)18)21(19,20)15-12(8-14)5-1-2-6-12/h3-4,7,15H,1-2,5-6,8,14H2. The summed E-state index contributed by atoms with van der Waals surface area (Å²) in [6.45, 7) is 0.154. The van der Waals surface area contributed by atoms with E-state index in [1.165, 1.54) is 0 Å². The Balaban J connectivity index is 2.31. The molecule has 1 aromatic rings. The molecule has 116 valence electrons. The molecular weight excluding hydrogens is 301 g/mol. The average Bonchev–Trinajstić information content (AvgIpc) is 2.86. The molecule has 0 atom stereocenters. The van der Waals surface area contributed by atoms with E-state index in [0.717, 1.165) is 25.0 Å². The zero-order chi connectivity index (χ0) is 15.7. The van der Waals surface area contributed by atoms with Crippen molar-refractivity contribution in [3.8, 4) is 0 Å². The number of nitro benzene ring substituents is 1. The number of hydrogen-bond donors (Lipinski definition) is 2. The minimum absolute atomic E-state index is 0.154. The smallest absolute Gasteiger partial charge is 0.304 e. The van der Waals surface area contributed by atoms with Gasteiger partial charge in [0.05, 0.1) is 9.82 Å². The number of halogens is 1. The van der Waals surface area contributed by atoms with E-state index in [1.807, 2.05) is 0 Å². The summed E-state index contributed by atoms with van der Waals surface area (Å²) in [6.07, 6.45) is 2.99. The van der Waals surface area contributed by atoms with Crippen molar-refractivity contribution >= 4 is 15.7 Å². The largest absolute Gasteiger partial charge is 0.329 e. The lowest BCUT2D eigenvalue weighted by Gasteiger charge is -2.28. The third-order valence-corrected chi connectivity index (χ3v) is 5.30. The molecule has 0 aliphatic heterocycles. The topological polar surface area (TPSA) is 115 Å². The van der Waals surface area contributed by atoms with Crippen molar-refractivity contribution in [2.45, 2.75) is 36.1 Å². The molecule has 9 heteroatoms. The van der Waals surface area contributed by atoms with Gasteiger partial charge < -0.3 is 5.73 Å². The van der Waals surface area contributed by atoms with Crippen molar-refractivity contribution in [2.75, 3.05) is 6.54 Å².